The van der Waals surface area contributed by atoms with Crippen LogP contribution in [-0.4, -0.2) is 9.49 Å². The zero-order valence-electron chi connectivity index (χ0n) is 16.7. The van der Waals surface area contributed by atoms with Crippen molar-refractivity contribution >= 4 is 28.1 Å². The van der Waals surface area contributed by atoms with Crippen molar-refractivity contribution in [3.05, 3.63) is 105 Å². The van der Waals surface area contributed by atoms with E-state index in [9.17, 15) is 15.4 Å². The molecule has 0 bridgehead atoms. The molecule has 4 aromatic rings. The first-order chi connectivity index (χ1) is 14.5. The van der Waals surface area contributed by atoms with Crippen molar-refractivity contribution in [2.75, 3.05) is 0 Å². The number of nitro benzene ring substituents is 1. The van der Waals surface area contributed by atoms with Crippen LogP contribution in [-0.2, 0) is 0 Å². The number of benzene rings is 3. The lowest BCUT2D eigenvalue weighted by Gasteiger charge is -2.11. The van der Waals surface area contributed by atoms with Gasteiger partial charge < -0.3 is 4.57 Å². The molecule has 0 N–H and O–H groups in total. The molecule has 0 atom stereocenters. The number of hydrogen-bond donors (Lipinski definition) is 0. The highest BCUT2D eigenvalue weighted by atomic mass is 16.6. The van der Waals surface area contributed by atoms with Gasteiger partial charge in [0.05, 0.1) is 16.6 Å². The van der Waals surface area contributed by atoms with E-state index in [-0.39, 0.29) is 5.69 Å². The van der Waals surface area contributed by atoms with Crippen molar-refractivity contribution in [2.24, 2.45) is 0 Å². The van der Waals surface area contributed by atoms with Gasteiger partial charge >= 0.3 is 0 Å². The number of nitro groups is 1. The molecular formula is C25H19N3O2. The van der Waals surface area contributed by atoms with Crippen LogP contribution in [0.25, 0.3) is 28.1 Å². The van der Waals surface area contributed by atoms with E-state index in [0.717, 1.165) is 28.0 Å². The van der Waals surface area contributed by atoms with Crippen molar-refractivity contribution in [3.63, 3.8) is 0 Å². The summed E-state index contributed by atoms with van der Waals surface area (Å²) in [6.45, 7) is 4.04. The lowest BCUT2D eigenvalue weighted by atomic mass is 10.0. The minimum absolute atomic E-state index is 0.0321. The number of allylic oxidation sites excluding steroid dienone is 1. The zero-order chi connectivity index (χ0) is 21.3. The molecule has 0 saturated carbocycles. The number of aromatic nitrogens is 1. The van der Waals surface area contributed by atoms with Crippen molar-refractivity contribution in [1.82, 2.24) is 4.57 Å². The molecule has 0 spiro atoms. The van der Waals surface area contributed by atoms with Gasteiger partial charge in [0.1, 0.15) is 0 Å². The average Bonchev–Trinajstić information content (AvgIpc) is 3.04. The molecule has 0 aliphatic carbocycles. The predicted molar refractivity (Wildman–Crippen MR) is 119 cm³/mol. The van der Waals surface area contributed by atoms with Gasteiger partial charge in [-0.3, -0.25) is 10.1 Å². The number of nitriles is 1. The third-order valence-electron chi connectivity index (χ3n) is 5.25. The second kappa shape index (κ2) is 7.69. The Balaban J connectivity index is 1.80. The predicted octanol–water partition coefficient (Wildman–Crippen LogP) is 6.22. The van der Waals surface area contributed by atoms with Gasteiger partial charge in [0.15, 0.2) is 0 Å². The van der Waals surface area contributed by atoms with Crippen molar-refractivity contribution < 1.29 is 4.92 Å². The normalized spacial score (nSPS) is 11.4. The molecule has 146 valence electrons. The van der Waals surface area contributed by atoms with Crippen LogP contribution in [0.1, 0.15) is 22.5 Å². The Kier molecular flexibility index (Phi) is 4.91. The van der Waals surface area contributed by atoms with Crippen LogP contribution >= 0.6 is 0 Å². The van der Waals surface area contributed by atoms with Gasteiger partial charge in [-0.15, -0.1) is 0 Å². The topological polar surface area (TPSA) is 71.9 Å². The van der Waals surface area contributed by atoms with E-state index in [0.29, 0.717) is 11.1 Å². The number of fused-ring (bicyclic) bond motifs is 1. The SMILES string of the molecule is Cc1cc(/C=C(/C#N)c2cccc([N+](=O)[O-])c2)c(C)n1-c1ccc2ccccc2c1. The van der Waals surface area contributed by atoms with Crippen LogP contribution in [0.15, 0.2) is 72.8 Å². The quantitative estimate of drug-likeness (QED) is 0.235. The van der Waals surface area contributed by atoms with E-state index in [1.165, 1.54) is 17.5 Å². The van der Waals surface area contributed by atoms with Crippen LogP contribution in [0.2, 0.25) is 0 Å². The standard InChI is InChI=1S/C25H19N3O2/c1-17-12-22(13-23(16-26)21-8-5-9-25(15-21)28(29)30)18(2)27(17)24-11-10-19-6-3-4-7-20(19)14-24/h3-15H,1-2H3/b23-13-. The Hall–Kier alpha value is -4.17. The number of non-ortho nitro benzene ring substituents is 1. The molecule has 1 aromatic heterocycles. The fraction of sp³-hybridized carbons (Fsp3) is 0.0800. The van der Waals surface area contributed by atoms with Gasteiger partial charge in [0.25, 0.3) is 5.69 Å². The number of nitrogens with zero attached hydrogens (tertiary/aromatic N) is 3. The monoisotopic (exact) mass is 393 g/mol. The summed E-state index contributed by atoms with van der Waals surface area (Å²) in [5, 5.41) is 23.1. The summed E-state index contributed by atoms with van der Waals surface area (Å²) in [7, 11) is 0. The third-order valence-corrected chi connectivity index (χ3v) is 5.25. The van der Waals surface area contributed by atoms with E-state index in [4.69, 9.17) is 0 Å². The van der Waals surface area contributed by atoms with Gasteiger partial charge in [0, 0.05) is 29.2 Å². The second-order valence-electron chi connectivity index (χ2n) is 7.17. The molecule has 1 heterocycles. The summed E-state index contributed by atoms with van der Waals surface area (Å²) in [4.78, 5) is 10.6. The minimum Gasteiger partial charge on any atom is -0.318 e. The molecule has 0 radical (unpaired) electrons. The van der Waals surface area contributed by atoms with Crippen LogP contribution in [0, 0.1) is 35.3 Å². The maximum absolute atomic E-state index is 11.1. The summed E-state index contributed by atoms with van der Waals surface area (Å²) >= 11 is 0. The van der Waals surface area contributed by atoms with E-state index in [1.54, 1.807) is 18.2 Å². The number of hydrogen-bond acceptors (Lipinski definition) is 3. The van der Waals surface area contributed by atoms with Gasteiger partial charge in [-0.1, -0.05) is 42.5 Å². The van der Waals surface area contributed by atoms with Crippen LogP contribution in [0.5, 0.6) is 0 Å². The van der Waals surface area contributed by atoms with Crippen molar-refractivity contribution in [1.29, 1.82) is 5.26 Å². The molecule has 4 rings (SSSR count). The molecule has 5 nitrogen and oxygen atoms in total. The third kappa shape index (κ3) is 3.47. The Morgan fingerprint density at radius 3 is 2.50 bits per heavy atom. The molecule has 0 unspecified atom stereocenters. The van der Waals surface area contributed by atoms with E-state index in [2.05, 4.69) is 41.0 Å². The Labute approximate surface area is 174 Å². The number of aryl methyl sites for hydroxylation is 1. The minimum atomic E-state index is -0.454. The van der Waals surface area contributed by atoms with E-state index in [1.807, 2.05) is 32.0 Å². The smallest absolute Gasteiger partial charge is 0.270 e. The molecule has 0 fully saturated rings. The Bertz CT molecular complexity index is 1360. The molecule has 30 heavy (non-hydrogen) atoms. The number of rotatable bonds is 4. The first kappa shape index (κ1) is 19.2. The summed E-state index contributed by atoms with van der Waals surface area (Å²) < 4.78 is 2.15. The zero-order valence-corrected chi connectivity index (χ0v) is 16.7. The van der Waals surface area contributed by atoms with Gasteiger partial charge in [-0.2, -0.15) is 5.26 Å². The van der Waals surface area contributed by atoms with Crippen LogP contribution in [0.3, 0.4) is 0 Å². The second-order valence-corrected chi connectivity index (χ2v) is 7.17. The summed E-state index contributed by atoms with van der Waals surface area (Å²) in [6.07, 6.45) is 1.79. The summed E-state index contributed by atoms with van der Waals surface area (Å²) in [5.41, 5.74) is 4.89. The molecule has 0 aliphatic rings. The average molecular weight is 393 g/mol. The molecule has 5 heteroatoms. The first-order valence-corrected chi connectivity index (χ1v) is 9.52. The fourth-order valence-corrected chi connectivity index (χ4v) is 3.77. The summed E-state index contributed by atoms with van der Waals surface area (Å²) in [5.74, 6) is 0. The molecule has 0 saturated heterocycles. The van der Waals surface area contributed by atoms with Crippen molar-refractivity contribution in [2.45, 2.75) is 13.8 Å². The largest absolute Gasteiger partial charge is 0.318 e. The maximum atomic E-state index is 11.1. The van der Waals surface area contributed by atoms with Crippen LogP contribution in [0.4, 0.5) is 5.69 Å². The highest BCUT2D eigenvalue weighted by Gasteiger charge is 2.13. The molecule has 3 aromatic carbocycles. The van der Waals surface area contributed by atoms with Crippen molar-refractivity contribution in [3.8, 4) is 11.8 Å². The summed E-state index contributed by atoms with van der Waals surface area (Å²) in [6, 6.07) is 24.9. The van der Waals surface area contributed by atoms with E-state index < -0.39 is 4.92 Å². The fourth-order valence-electron chi connectivity index (χ4n) is 3.77. The maximum Gasteiger partial charge on any atom is 0.270 e. The van der Waals surface area contributed by atoms with E-state index >= 15 is 0 Å². The van der Waals surface area contributed by atoms with Gasteiger partial charge in [-0.25, -0.2) is 0 Å². The Morgan fingerprint density at radius 1 is 1.00 bits per heavy atom. The first-order valence-electron chi connectivity index (χ1n) is 9.52. The highest BCUT2D eigenvalue weighted by molar-refractivity contribution is 5.91. The van der Waals surface area contributed by atoms with Crippen LogP contribution < -0.4 is 0 Å². The van der Waals surface area contributed by atoms with Gasteiger partial charge in [0.2, 0.25) is 0 Å². The molecule has 0 amide bonds. The molecular weight excluding hydrogens is 374 g/mol. The van der Waals surface area contributed by atoms with Gasteiger partial charge in [-0.05, 0) is 60.0 Å². The lowest BCUT2D eigenvalue weighted by Crippen LogP contribution is -1.99. The lowest BCUT2D eigenvalue weighted by molar-refractivity contribution is -0.384. The Morgan fingerprint density at radius 2 is 1.77 bits per heavy atom. The highest BCUT2D eigenvalue weighted by Crippen LogP contribution is 2.28. The molecule has 0 aliphatic heterocycles.